The zero-order valence-electron chi connectivity index (χ0n) is 8.30. The van der Waals surface area contributed by atoms with E-state index in [1.54, 1.807) is 4.90 Å². The minimum Gasteiger partial charge on any atom is -0.608 e. The minimum atomic E-state index is 0. The Morgan fingerprint density at radius 3 is 1.09 bits per heavy atom. The van der Waals surface area contributed by atoms with Crippen LogP contribution >= 0.6 is 0 Å². The van der Waals surface area contributed by atoms with Crippen molar-refractivity contribution >= 4 is 0 Å². The Hall–Kier alpha value is 1.06. The number of hydrogen-bond donors (Lipinski definition) is 0. The summed E-state index contributed by atoms with van der Waals surface area (Å²) in [6.07, 6.45) is 0. The molecule has 0 saturated carbocycles. The zero-order valence-corrected chi connectivity index (χ0v) is 11.1. The van der Waals surface area contributed by atoms with Crippen LogP contribution in [-0.4, -0.2) is 10.9 Å². The fourth-order valence-electron chi connectivity index (χ4n) is 0. The van der Waals surface area contributed by atoms with Gasteiger partial charge in [0.15, 0.2) is 0 Å². The molecular weight excluding hydrogens is 211 g/mol. The second-order valence-corrected chi connectivity index (χ2v) is 3.08. The predicted octanol–water partition coefficient (Wildman–Crippen LogP) is 2.75. The van der Waals surface area contributed by atoms with Gasteiger partial charge >= 0.3 is 32.7 Å². The Kier molecular flexibility index (Phi) is 18.1. The fourth-order valence-corrected chi connectivity index (χ4v) is 0. The fraction of sp³-hybridized carbons (Fsp3) is 0.667. The van der Waals surface area contributed by atoms with Crippen LogP contribution in [-0.2, 0) is 32.7 Å². The first-order chi connectivity index (χ1) is 4.37. The maximum atomic E-state index is 3.64. The van der Waals surface area contributed by atoms with Gasteiger partial charge in [0.2, 0.25) is 0 Å². The van der Waals surface area contributed by atoms with Gasteiger partial charge in [-0.25, -0.2) is 0 Å². The SMILES string of the molecule is [CH2-]C(C)C.[CH2-]N([CH2-])C(C)C.[Y+3]. The van der Waals surface area contributed by atoms with Crippen molar-refractivity contribution < 1.29 is 32.7 Å². The Labute approximate surface area is 97.8 Å². The molecule has 2 heteroatoms. The Balaban J connectivity index is -0.000000114. The molecule has 0 atom stereocenters. The molecule has 0 aliphatic rings. The Bertz CT molecular complexity index is 51.8. The summed E-state index contributed by atoms with van der Waals surface area (Å²) in [5.41, 5.74) is 0. The summed E-state index contributed by atoms with van der Waals surface area (Å²) in [5.74, 6) is 0.583. The topological polar surface area (TPSA) is 3.24 Å². The first-order valence-electron chi connectivity index (χ1n) is 3.61. The maximum Gasteiger partial charge on any atom is 3.00 e. The summed E-state index contributed by atoms with van der Waals surface area (Å²) in [7, 11) is 7.12. The number of nitrogens with zero attached hydrogens (tertiary/aromatic N) is 1. The van der Waals surface area contributed by atoms with Gasteiger partial charge in [0.1, 0.15) is 0 Å². The second kappa shape index (κ2) is 11.1. The van der Waals surface area contributed by atoms with Crippen LogP contribution in [0.4, 0.5) is 0 Å². The summed E-state index contributed by atoms with van der Waals surface area (Å²) in [4.78, 5) is 1.67. The molecule has 0 rings (SSSR count). The van der Waals surface area contributed by atoms with Crippen LogP contribution in [0.15, 0.2) is 0 Å². The van der Waals surface area contributed by atoms with Gasteiger partial charge < -0.3 is 25.9 Å². The van der Waals surface area contributed by atoms with E-state index in [9.17, 15) is 0 Å². The first-order valence-corrected chi connectivity index (χ1v) is 3.61. The van der Waals surface area contributed by atoms with Gasteiger partial charge in [0.25, 0.3) is 0 Å². The van der Waals surface area contributed by atoms with Crippen LogP contribution in [0, 0.1) is 26.9 Å². The van der Waals surface area contributed by atoms with Gasteiger partial charge in [-0.2, -0.15) is 5.92 Å². The molecule has 0 heterocycles. The van der Waals surface area contributed by atoms with Crippen molar-refractivity contribution in [2.75, 3.05) is 0 Å². The molecule has 0 aliphatic heterocycles. The molecule has 0 spiro atoms. The molecule has 0 amide bonds. The van der Waals surface area contributed by atoms with Crippen LogP contribution in [0.5, 0.6) is 0 Å². The Morgan fingerprint density at radius 2 is 1.09 bits per heavy atom. The average molecular weight is 231 g/mol. The smallest absolute Gasteiger partial charge is 0.608 e. The quantitative estimate of drug-likeness (QED) is 0.627. The molecule has 0 radical (unpaired) electrons. The van der Waals surface area contributed by atoms with Crippen LogP contribution in [0.25, 0.3) is 0 Å². The largest absolute Gasteiger partial charge is 3.00 e. The monoisotopic (exact) mass is 231 g/mol. The van der Waals surface area contributed by atoms with E-state index in [1.807, 2.05) is 13.8 Å². The molecule has 0 saturated heterocycles. The van der Waals surface area contributed by atoms with Crippen molar-refractivity contribution in [1.29, 1.82) is 0 Å². The molecule has 0 bridgehead atoms. The summed E-state index contributed by atoms with van der Waals surface area (Å²) in [6, 6.07) is 0.463. The molecule has 0 unspecified atom stereocenters. The normalized spacial score (nSPS) is 9.27. The molecule has 0 aromatic carbocycles. The van der Waals surface area contributed by atoms with Gasteiger partial charge in [0, 0.05) is 0 Å². The van der Waals surface area contributed by atoms with Gasteiger partial charge in [-0.3, -0.25) is 0 Å². The van der Waals surface area contributed by atoms with E-state index in [2.05, 4.69) is 34.9 Å². The first kappa shape index (κ1) is 18.0. The Morgan fingerprint density at radius 1 is 1.00 bits per heavy atom. The van der Waals surface area contributed by atoms with E-state index < -0.39 is 0 Å². The van der Waals surface area contributed by atoms with Crippen molar-refractivity contribution in [2.24, 2.45) is 5.92 Å². The van der Waals surface area contributed by atoms with Crippen LogP contribution < -0.4 is 0 Å². The zero-order chi connectivity index (χ0) is 8.73. The molecule has 0 aliphatic carbocycles. The predicted molar refractivity (Wildman–Crippen MR) is 47.9 cm³/mol. The van der Waals surface area contributed by atoms with Gasteiger partial charge in [0.05, 0.1) is 0 Å². The summed E-state index contributed by atoms with van der Waals surface area (Å²) >= 11 is 0. The molecule has 64 valence electrons. The van der Waals surface area contributed by atoms with E-state index in [4.69, 9.17) is 0 Å². The number of rotatable bonds is 1. The van der Waals surface area contributed by atoms with Crippen molar-refractivity contribution in [3.63, 3.8) is 0 Å². The van der Waals surface area contributed by atoms with E-state index >= 15 is 0 Å². The molecular formula is C9H20NY. The summed E-state index contributed by atoms with van der Waals surface area (Å²) < 4.78 is 0. The molecule has 0 N–H and O–H groups in total. The van der Waals surface area contributed by atoms with Gasteiger partial charge in [-0.1, -0.05) is 27.7 Å². The summed E-state index contributed by atoms with van der Waals surface area (Å²) in [6.45, 7) is 11.8. The minimum absolute atomic E-state index is 0. The molecule has 11 heavy (non-hydrogen) atoms. The standard InChI is InChI=1S/C5H11N.C4H9.Y/c1-5(2)6(3)4;1-4(2)3;/h5H,3-4H2,1-2H3;4H,1H2,2-3H3;/q-2;-1;+3. The van der Waals surface area contributed by atoms with Gasteiger partial charge in [-0.05, 0) is 6.04 Å². The third kappa shape index (κ3) is 35.4. The van der Waals surface area contributed by atoms with Crippen molar-refractivity contribution in [3.05, 3.63) is 21.0 Å². The van der Waals surface area contributed by atoms with Crippen LogP contribution in [0.3, 0.4) is 0 Å². The third-order valence-corrected chi connectivity index (χ3v) is 0.730. The van der Waals surface area contributed by atoms with E-state index in [0.29, 0.717) is 12.0 Å². The molecule has 0 aromatic rings. The maximum absolute atomic E-state index is 3.64. The van der Waals surface area contributed by atoms with Crippen LogP contribution in [0.2, 0.25) is 0 Å². The van der Waals surface area contributed by atoms with Gasteiger partial charge in [-0.15, -0.1) is 0 Å². The van der Waals surface area contributed by atoms with Crippen molar-refractivity contribution in [3.8, 4) is 0 Å². The van der Waals surface area contributed by atoms with E-state index in [-0.39, 0.29) is 32.7 Å². The van der Waals surface area contributed by atoms with E-state index in [0.717, 1.165) is 0 Å². The molecule has 1 nitrogen and oxygen atoms in total. The second-order valence-electron chi connectivity index (χ2n) is 3.08. The average Bonchev–Trinajstić information content (AvgIpc) is 1.63. The molecule has 0 fully saturated rings. The van der Waals surface area contributed by atoms with Crippen molar-refractivity contribution in [1.82, 2.24) is 4.90 Å². The summed E-state index contributed by atoms with van der Waals surface area (Å²) in [5, 5.41) is 0. The van der Waals surface area contributed by atoms with Crippen LogP contribution in [0.1, 0.15) is 27.7 Å². The van der Waals surface area contributed by atoms with E-state index in [1.165, 1.54) is 0 Å². The number of hydrogen-bond acceptors (Lipinski definition) is 1. The molecule has 0 aromatic heterocycles. The van der Waals surface area contributed by atoms with Crippen molar-refractivity contribution in [2.45, 2.75) is 33.7 Å². The third-order valence-electron chi connectivity index (χ3n) is 0.730.